The topological polar surface area (TPSA) is 58.2 Å². The largest absolute Gasteiger partial charge is 0.475 e. The van der Waals surface area contributed by atoms with Crippen LogP contribution in [0.1, 0.15) is 0 Å². The number of rotatable bonds is 3. The Morgan fingerprint density at radius 3 is 2.25 bits per heavy atom. The summed E-state index contributed by atoms with van der Waals surface area (Å²) in [4.78, 5) is 20.8. The van der Waals surface area contributed by atoms with Gasteiger partial charge in [-0.25, -0.2) is 4.79 Å². The van der Waals surface area contributed by atoms with Gasteiger partial charge < -0.3 is 5.11 Å². The van der Waals surface area contributed by atoms with E-state index in [-0.39, 0.29) is 6.54 Å². The second-order valence-electron chi connectivity index (χ2n) is 2.28. The molecule has 1 heterocycles. The third-order valence-corrected chi connectivity index (χ3v) is 1.34. The standard InChI is InChI=1S/C8H7NO3/c10-7(8(11)12)6-9-4-2-1-3-5-9/h1-5H,6H2/p+1. The molecule has 0 aromatic carbocycles. The molecular weight excluding hydrogens is 158 g/mol. The molecule has 62 valence electrons. The van der Waals surface area contributed by atoms with Crippen molar-refractivity contribution in [1.82, 2.24) is 0 Å². The minimum atomic E-state index is -1.40. The number of carboxylic acids is 1. The summed E-state index contributed by atoms with van der Waals surface area (Å²) in [7, 11) is 0. The van der Waals surface area contributed by atoms with Crippen LogP contribution in [0.4, 0.5) is 0 Å². The van der Waals surface area contributed by atoms with Gasteiger partial charge in [0.05, 0.1) is 0 Å². The fraction of sp³-hybridized carbons (Fsp3) is 0.125. The van der Waals surface area contributed by atoms with Gasteiger partial charge in [0.25, 0.3) is 0 Å². The monoisotopic (exact) mass is 166 g/mol. The van der Waals surface area contributed by atoms with E-state index in [1.54, 1.807) is 30.6 Å². The maximum atomic E-state index is 10.7. The van der Waals surface area contributed by atoms with Gasteiger partial charge in [0.15, 0.2) is 12.4 Å². The average molecular weight is 166 g/mol. The van der Waals surface area contributed by atoms with Gasteiger partial charge in [-0.15, -0.1) is 0 Å². The van der Waals surface area contributed by atoms with Crippen molar-refractivity contribution in [3.63, 3.8) is 0 Å². The van der Waals surface area contributed by atoms with E-state index in [1.165, 1.54) is 4.57 Å². The molecule has 0 saturated carbocycles. The highest BCUT2D eigenvalue weighted by Crippen LogP contribution is 1.78. The number of carbonyl (C=O) groups excluding carboxylic acids is 1. The number of hydrogen-bond acceptors (Lipinski definition) is 2. The number of aliphatic carboxylic acids is 1. The number of aromatic nitrogens is 1. The Labute approximate surface area is 69.1 Å². The van der Waals surface area contributed by atoms with Crippen LogP contribution in [-0.4, -0.2) is 16.9 Å². The van der Waals surface area contributed by atoms with Crippen molar-refractivity contribution in [3.8, 4) is 0 Å². The quantitative estimate of drug-likeness (QED) is 0.492. The number of hydrogen-bond donors (Lipinski definition) is 1. The van der Waals surface area contributed by atoms with Gasteiger partial charge in [-0.3, -0.25) is 4.79 Å². The van der Waals surface area contributed by atoms with Crippen LogP contribution in [0.15, 0.2) is 30.6 Å². The van der Waals surface area contributed by atoms with Gasteiger partial charge in [-0.1, -0.05) is 6.07 Å². The van der Waals surface area contributed by atoms with Crippen LogP contribution >= 0.6 is 0 Å². The third-order valence-electron chi connectivity index (χ3n) is 1.34. The third kappa shape index (κ3) is 2.16. The van der Waals surface area contributed by atoms with Crippen molar-refractivity contribution in [2.45, 2.75) is 6.54 Å². The van der Waals surface area contributed by atoms with Crippen molar-refractivity contribution in [3.05, 3.63) is 30.6 Å². The van der Waals surface area contributed by atoms with Gasteiger partial charge in [-0.2, -0.15) is 4.57 Å². The predicted octanol–water partition coefficient (Wildman–Crippen LogP) is -0.372. The molecule has 0 bridgehead atoms. The van der Waals surface area contributed by atoms with Crippen molar-refractivity contribution < 1.29 is 19.3 Å². The number of carboxylic acid groups (broad SMARTS) is 1. The van der Waals surface area contributed by atoms with Crippen LogP contribution in [0, 0.1) is 0 Å². The first-order valence-corrected chi connectivity index (χ1v) is 3.40. The number of ketones is 1. The second-order valence-corrected chi connectivity index (χ2v) is 2.28. The van der Waals surface area contributed by atoms with Crippen molar-refractivity contribution in [2.75, 3.05) is 0 Å². The van der Waals surface area contributed by atoms with Gasteiger partial charge in [0.2, 0.25) is 6.54 Å². The SMILES string of the molecule is O=C(O)C(=O)C[n+]1ccccc1. The zero-order valence-corrected chi connectivity index (χ0v) is 6.30. The summed E-state index contributed by atoms with van der Waals surface area (Å²) in [6.45, 7) is -0.115. The first-order valence-electron chi connectivity index (χ1n) is 3.40. The van der Waals surface area contributed by atoms with Crippen LogP contribution in [0.5, 0.6) is 0 Å². The van der Waals surface area contributed by atoms with E-state index in [0.717, 1.165) is 0 Å². The zero-order chi connectivity index (χ0) is 8.97. The lowest BCUT2D eigenvalue weighted by molar-refractivity contribution is -0.683. The number of nitrogens with zero attached hydrogens (tertiary/aromatic N) is 1. The molecule has 1 rings (SSSR count). The van der Waals surface area contributed by atoms with E-state index in [0.29, 0.717) is 0 Å². The van der Waals surface area contributed by atoms with Crippen LogP contribution in [-0.2, 0) is 16.1 Å². The van der Waals surface area contributed by atoms with Gasteiger partial charge in [0, 0.05) is 12.1 Å². The second kappa shape index (κ2) is 3.61. The Bertz CT molecular complexity index is 294. The summed E-state index contributed by atoms with van der Waals surface area (Å²) in [6, 6.07) is 5.26. The molecule has 1 aromatic rings. The summed E-state index contributed by atoms with van der Waals surface area (Å²) in [6.07, 6.45) is 3.28. The Hall–Kier alpha value is -1.71. The molecule has 0 spiro atoms. The molecular formula is C8H8NO3+. The number of pyridine rings is 1. The molecule has 1 aromatic heterocycles. The Morgan fingerprint density at radius 1 is 1.17 bits per heavy atom. The fourth-order valence-corrected chi connectivity index (χ4v) is 0.773. The Kier molecular flexibility index (Phi) is 2.53. The maximum absolute atomic E-state index is 10.7. The molecule has 0 amide bonds. The summed E-state index contributed by atoms with van der Waals surface area (Å²) in [5, 5.41) is 8.28. The molecule has 1 N–H and O–H groups in total. The lowest BCUT2D eigenvalue weighted by Gasteiger charge is -1.90. The van der Waals surface area contributed by atoms with E-state index in [9.17, 15) is 9.59 Å². The molecule has 0 atom stereocenters. The van der Waals surface area contributed by atoms with Crippen LogP contribution in [0.3, 0.4) is 0 Å². The fourth-order valence-electron chi connectivity index (χ4n) is 0.773. The summed E-state index contributed by atoms with van der Waals surface area (Å²) >= 11 is 0. The van der Waals surface area contributed by atoms with Crippen LogP contribution in [0.2, 0.25) is 0 Å². The highest BCUT2D eigenvalue weighted by atomic mass is 16.4. The first-order chi connectivity index (χ1) is 5.70. The van der Waals surface area contributed by atoms with Gasteiger partial charge >= 0.3 is 11.8 Å². The molecule has 0 unspecified atom stereocenters. The summed E-state index contributed by atoms with van der Waals surface area (Å²) in [5.41, 5.74) is 0. The molecule has 0 radical (unpaired) electrons. The number of carbonyl (C=O) groups is 2. The molecule has 0 aliphatic carbocycles. The zero-order valence-electron chi connectivity index (χ0n) is 6.30. The average Bonchev–Trinajstić information content (AvgIpc) is 2.06. The molecule has 4 nitrogen and oxygen atoms in total. The predicted molar refractivity (Wildman–Crippen MR) is 39.3 cm³/mol. The minimum absolute atomic E-state index is 0.115. The molecule has 0 saturated heterocycles. The normalized spacial score (nSPS) is 9.33. The highest BCUT2D eigenvalue weighted by Gasteiger charge is 2.15. The number of Topliss-reactive ketones (excluding diaryl/α,β-unsaturated/α-hetero) is 1. The minimum Gasteiger partial charge on any atom is -0.475 e. The smallest absolute Gasteiger partial charge is 0.379 e. The maximum Gasteiger partial charge on any atom is 0.379 e. The van der Waals surface area contributed by atoms with E-state index in [2.05, 4.69) is 0 Å². The van der Waals surface area contributed by atoms with Crippen LogP contribution < -0.4 is 4.57 Å². The molecule has 12 heavy (non-hydrogen) atoms. The Balaban J connectivity index is 2.65. The van der Waals surface area contributed by atoms with Crippen LogP contribution in [0.25, 0.3) is 0 Å². The molecule has 0 fully saturated rings. The van der Waals surface area contributed by atoms with Crippen molar-refractivity contribution in [2.24, 2.45) is 0 Å². The van der Waals surface area contributed by atoms with E-state index < -0.39 is 11.8 Å². The highest BCUT2D eigenvalue weighted by molar-refractivity contribution is 6.32. The van der Waals surface area contributed by atoms with Gasteiger partial charge in [0.1, 0.15) is 0 Å². The molecule has 0 aliphatic heterocycles. The Morgan fingerprint density at radius 2 is 1.75 bits per heavy atom. The molecule has 0 aliphatic rings. The summed E-state index contributed by atoms with van der Waals surface area (Å²) < 4.78 is 1.51. The van der Waals surface area contributed by atoms with Crippen molar-refractivity contribution in [1.29, 1.82) is 0 Å². The van der Waals surface area contributed by atoms with Gasteiger partial charge in [-0.05, 0) is 0 Å². The molecule has 4 heteroatoms. The summed E-state index contributed by atoms with van der Waals surface area (Å²) in [5.74, 6) is -2.21. The van der Waals surface area contributed by atoms with Crippen molar-refractivity contribution >= 4 is 11.8 Å². The lowest BCUT2D eigenvalue weighted by Crippen LogP contribution is -2.39. The van der Waals surface area contributed by atoms with E-state index in [4.69, 9.17) is 5.11 Å². The first kappa shape index (κ1) is 8.39. The van der Waals surface area contributed by atoms with E-state index in [1.807, 2.05) is 0 Å². The lowest BCUT2D eigenvalue weighted by atomic mass is 10.4. The van der Waals surface area contributed by atoms with E-state index >= 15 is 0 Å².